The van der Waals surface area contributed by atoms with E-state index in [1.54, 1.807) is 16.8 Å². The highest BCUT2D eigenvalue weighted by Gasteiger charge is 2.17. The minimum Gasteiger partial charge on any atom is -0.325 e. The Morgan fingerprint density at radius 1 is 1.13 bits per heavy atom. The van der Waals surface area contributed by atoms with E-state index in [0.717, 1.165) is 5.69 Å². The molecule has 0 saturated carbocycles. The zero-order chi connectivity index (χ0) is 11.4. The van der Waals surface area contributed by atoms with Crippen LogP contribution in [-0.2, 0) is 0 Å². The van der Waals surface area contributed by atoms with Crippen LogP contribution in [0.1, 0.15) is 13.8 Å². The van der Waals surface area contributed by atoms with Gasteiger partial charge in [0.1, 0.15) is 0 Å². The quantitative estimate of drug-likeness (QED) is 0.729. The van der Waals surface area contributed by atoms with E-state index < -0.39 is 0 Å². The fraction of sp³-hybridized carbons (Fsp3) is 0.417. The van der Waals surface area contributed by atoms with Crippen molar-refractivity contribution < 1.29 is 4.79 Å². The number of hydrogen-bond donors (Lipinski definition) is 0. The summed E-state index contributed by atoms with van der Waals surface area (Å²) in [5.41, 5.74) is 0.912. The maximum atomic E-state index is 11.9. The first-order valence-electron chi connectivity index (χ1n) is 5.09. The van der Waals surface area contributed by atoms with Gasteiger partial charge in [-0.15, -0.1) is 0 Å². The molecule has 0 bridgehead atoms. The molecule has 0 saturated heterocycles. The second-order valence-corrected chi connectivity index (χ2v) is 3.88. The maximum Gasteiger partial charge on any atom is 0.324 e. The molecule has 3 heteroatoms. The topological polar surface area (TPSA) is 23.6 Å². The van der Waals surface area contributed by atoms with Crippen LogP contribution in [0, 0.1) is 0 Å². The van der Waals surface area contributed by atoms with Crippen molar-refractivity contribution in [1.82, 2.24) is 4.90 Å². The summed E-state index contributed by atoms with van der Waals surface area (Å²) in [6, 6.07) is 9.86. The van der Waals surface area contributed by atoms with Gasteiger partial charge in [0.05, 0.1) is 0 Å². The summed E-state index contributed by atoms with van der Waals surface area (Å²) in [4.78, 5) is 15.3. The Labute approximate surface area is 91.3 Å². The third-order valence-corrected chi connectivity index (χ3v) is 2.51. The van der Waals surface area contributed by atoms with E-state index in [9.17, 15) is 4.79 Å². The molecule has 2 amide bonds. The summed E-state index contributed by atoms with van der Waals surface area (Å²) in [6.45, 7) is 3.99. The molecule has 1 rings (SSSR count). The minimum atomic E-state index is 0.0104. The largest absolute Gasteiger partial charge is 0.325 e. The smallest absolute Gasteiger partial charge is 0.324 e. The second kappa shape index (κ2) is 4.82. The summed E-state index contributed by atoms with van der Waals surface area (Å²) in [5, 5.41) is 0. The number of amides is 2. The van der Waals surface area contributed by atoms with Crippen molar-refractivity contribution in [3.05, 3.63) is 30.3 Å². The van der Waals surface area contributed by atoms with E-state index in [4.69, 9.17) is 0 Å². The first kappa shape index (κ1) is 11.6. The Morgan fingerprint density at radius 3 is 2.13 bits per heavy atom. The van der Waals surface area contributed by atoms with Crippen LogP contribution in [-0.4, -0.2) is 31.1 Å². The highest BCUT2D eigenvalue weighted by Crippen LogP contribution is 2.13. The molecule has 82 valence electrons. The highest BCUT2D eigenvalue weighted by atomic mass is 16.2. The van der Waals surface area contributed by atoms with Crippen LogP contribution >= 0.6 is 0 Å². The molecule has 0 radical (unpaired) electrons. The molecule has 1 aromatic rings. The Morgan fingerprint density at radius 2 is 1.67 bits per heavy atom. The third kappa shape index (κ3) is 2.72. The number of nitrogens with zero attached hydrogens (tertiary/aromatic N) is 2. The molecular formula is C12H18N2O. The summed E-state index contributed by atoms with van der Waals surface area (Å²) in [5.74, 6) is 0. The number of benzene rings is 1. The first-order valence-corrected chi connectivity index (χ1v) is 5.09. The zero-order valence-electron chi connectivity index (χ0n) is 9.77. The van der Waals surface area contributed by atoms with E-state index in [0.29, 0.717) is 0 Å². The molecule has 0 aliphatic rings. The third-order valence-electron chi connectivity index (χ3n) is 2.51. The molecule has 0 aliphatic carbocycles. The van der Waals surface area contributed by atoms with Crippen LogP contribution in [0.4, 0.5) is 10.5 Å². The number of carbonyl (C=O) groups excluding carboxylic acids is 1. The van der Waals surface area contributed by atoms with Gasteiger partial charge in [0.2, 0.25) is 0 Å². The molecule has 15 heavy (non-hydrogen) atoms. The number of urea groups is 1. The van der Waals surface area contributed by atoms with Crippen LogP contribution in [0.3, 0.4) is 0 Å². The standard InChI is InChI=1S/C12H18N2O/c1-10(2)13(3)12(15)14(4)11-8-6-5-7-9-11/h5-10H,1-4H3. The van der Waals surface area contributed by atoms with E-state index in [1.165, 1.54) is 0 Å². The van der Waals surface area contributed by atoms with Crippen LogP contribution in [0.25, 0.3) is 0 Å². The lowest BCUT2D eigenvalue weighted by molar-refractivity contribution is 0.206. The predicted octanol–water partition coefficient (Wildman–Crippen LogP) is 2.58. The van der Waals surface area contributed by atoms with Gasteiger partial charge in [0.25, 0.3) is 0 Å². The highest BCUT2D eigenvalue weighted by molar-refractivity contribution is 5.91. The van der Waals surface area contributed by atoms with Crippen molar-refractivity contribution in [3.8, 4) is 0 Å². The van der Waals surface area contributed by atoms with Gasteiger partial charge >= 0.3 is 6.03 Å². The van der Waals surface area contributed by atoms with Gasteiger partial charge in [-0.2, -0.15) is 0 Å². The lowest BCUT2D eigenvalue weighted by atomic mass is 10.3. The van der Waals surface area contributed by atoms with E-state index in [1.807, 2.05) is 51.2 Å². The fourth-order valence-electron chi connectivity index (χ4n) is 1.22. The minimum absolute atomic E-state index is 0.0104. The van der Waals surface area contributed by atoms with Crippen molar-refractivity contribution in [2.75, 3.05) is 19.0 Å². The first-order chi connectivity index (χ1) is 7.04. The lowest BCUT2D eigenvalue weighted by Crippen LogP contribution is -2.42. The number of carbonyl (C=O) groups is 1. The zero-order valence-corrected chi connectivity index (χ0v) is 9.77. The maximum absolute atomic E-state index is 11.9. The Bertz CT molecular complexity index is 322. The van der Waals surface area contributed by atoms with Crippen molar-refractivity contribution in [3.63, 3.8) is 0 Å². The molecule has 0 spiro atoms. The Balaban J connectivity index is 2.78. The van der Waals surface area contributed by atoms with Crippen molar-refractivity contribution >= 4 is 11.7 Å². The van der Waals surface area contributed by atoms with E-state index >= 15 is 0 Å². The summed E-state index contributed by atoms with van der Waals surface area (Å²) in [6.07, 6.45) is 0. The fourth-order valence-corrected chi connectivity index (χ4v) is 1.22. The van der Waals surface area contributed by atoms with Gasteiger partial charge in [-0.05, 0) is 26.0 Å². The molecule has 3 nitrogen and oxygen atoms in total. The number of hydrogen-bond acceptors (Lipinski definition) is 1. The van der Waals surface area contributed by atoms with E-state index in [-0.39, 0.29) is 12.1 Å². The predicted molar refractivity (Wildman–Crippen MR) is 63.1 cm³/mol. The van der Waals surface area contributed by atoms with Crippen molar-refractivity contribution in [2.45, 2.75) is 19.9 Å². The molecule has 0 aromatic heterocycles. The van der Waals surface area contributed by atoms with E-state index in [2.05, 4.69) is 0 Å². The van der Waals surface area contributed by atoms with Crippen LogP contribution < -0.4 is 4.90 Å². The molecule has 0 unspecified atom stereocenters. The summed E-state index contributed by atoms with van der Waals surface area (Å²) in [7, 11) is 3.60. The van der Waals surface area contributed by atoms with Crippen molar-refractivity contribution in [1.29, 1.82) is 0 Å². The summed E-state index contributed by atoms with van der Waals surface area (Å²) < 4.78 is 0. The SMILES string of the molecule is CC(C)N(C)C(=O)N(C)c1ccccc1. The Kier molecular flexibility index (Phi) is 3.72. The van der Waals surface area contributed by atoms with Gasteiger partial charge in [-0.1, -0.05) is 18.2 Å². The molecule has 0 heterocycles. The second-order valence-electron chi connectivity index (χ2n) is 3.88. The van der Waals surface area contributed by atoms with Gasteiger partial charge in [-0.25, -0.2) is 4.79 Å². The molecule has 0 aliphatic heterocycles. The molecule has 0 atom stereocenters. The van der Waals surface area contributed by atoms with Crippen molar-refractivity contribution in [2.24, 2.45) is 0 Å². The molecule has 0 N–H and O–H groups in total. The monoisotopic (exact) mass is 206 g/mol. The average Bonchev–Trinajstić information content (AvgIpc) is 2.27. The summed E-state index contributed by atoms with van der Waals surface area (Å²) >= 11 is 0. The van der Waals surface area contributed by atoms with Crippen LogP contribution in [0.2, 0.25) is 0 Å². The molecule has 1 aromatic carbocycles. The van der Waals surface area contributed by atoms with Gasteiger partial charge < -0.3 is 4.90 Å². The lowest BCUT2D eigenvalue weighted by Gasteiger charge is -2.27. The molecule has 0 fully saturated rings. The Hall–Kier alpha value is -1.51. The normalized spacial score (nSPS) is 10.2. The van der Waals surface area contributed by atoms with Gasteiger partial charge in [0.15, 0.2) is 0 Å². The molecular weight excluding hydrogens is 188 g/mol. The van der Waals surface area contributed by atoms with Crippen LogP contribution in [0.15, 0.2) is 30.3 Å². The van der Waals surface area contributed by atoms with Gasteiger partial charge in [0, 0.05) is 25.8 Å². The number of rotatable bonds is 2. The average molecular weight is 206 g/mol. The number of para-hydroxylation sites is 1. The van der Waals surface area contributed by atoms with Gasteiger partial charge in [-0.3, -0.25) is 4.90 Å². The number of anilines is 1. The van der Waals surface area contributed by atoms with Crippen LogP contribution in [0.5, 0.6) is 0 Å².